The van der Waals surface area contributed by atoms with Crippen molar-refractivity contribution < 1.29 is 14.6 Å². The van der Waals surface area contributed by atoms with Crippen LogP contribution in [-0.4, -0.2) is 41.9 Å². The van der Waals surface area contributed by atoms with Crippen molar-refractivity contribution in [3.05, 3.63) is 0 Å². The van der Waals surface area contributed by atoms with E-state index in [0.717, 1.165) is 0 Å². The molecule has 0 spiro atoms. The van der Waals surface area contributed by atoms with Gasteiger partial charge in [-0.25, -0.2) is 4.79 Å². The van der Waals surface area contributed by atoms with E-state index in [4.69, 9.17) is 10.00 Å². The molecule has 5 nitrogen and oxygen atoms in total. The normalized spacial score (nSPS) is 26.8. The standard InChI is InChI=1S/C9H14N2O3/c1-2-14-9(13)11-4-3-7(5-10)8(12)6-11/h7-8,12H,2-4,6H2,1H3. The van der Waals surface area contributed by atoms with Crippen molar-refractivity contribution in [2.75, 3.05) is 19.7 Å². The van der Waals surface area contributed by atoms with Gasteiger partial charge in [0.05, 0.1) is 31.2 Å². The second-order valence-electron chi connectivity index (χ2n) is 3.24. The van der Waals surface area contributed by atoms with Gasteiger partial charge in [0.25, 0.3) is 0 Å². The highest BCUT2D eigenvalue weighted by atomic mass is 16.6. The molecule has 0 bridgehead atoms. The SMILES string of the molecule is CCOC(=O)N1CCC(C#N)C(O)C1. The van der Waals surface area contributed by atoms with E-state index in [1.54, 1.807) is 6.92 Å². The number of ether oxygens (including phenoxy) is 1. The van der Waals surface area contributed by atoms with E-state index in [0.29, 0.717) is 19.6 Å². The van der Waals surface area contributed by atoms with Gasteiger partial charge in [-0.1, -0.05) is 0 Å². The number of carbonyl (C=O) groups is 1. The van der Waals surface area contributed by atoms with E-state index in [1.807, 2.05) is 6.07 Å². The first-order chi connectivity index (χ1) is 6.69. The third kappa shape index (κ3) is 2.36. The van der Waals surface area contributed by atoms with E-state index in [1.165, 1.54) is 4.90 Å². The zero-order valence-corrected chi connectivity index (χ0v) is 8.14. The summed E-state index contributed by atoms with van der Waals surface area (Å²) in [4.78, 5) is 12.7. The maximum atomic E-state index is 11.2. The zero-order chi connectivity index (χ0) is 10.6. The highest BCUT2D eigenvalue weighted by Gasteiger charge is 2.30. The van der Waals surface area contributed by atoms with Crippen molar-refractivity contribution in [2.45, 2.75) is 19.4 Å². The Kier molecular flexibility index (Phi) is 3.72. The van der Waals surface area contributed by atoms with Gasteiger partial charge in [-0.3, -0.25) is 0 Å². The van der Waals surface area contributed by atoms with Crippen molar-refractivity contribution >= 4 is 6.09 Å². The van der Waals surface area contributed by atoms with Crippen LogP contribution in [0.4, 0.5) is 4.79 Å². The Hall–Kier alpha value is -1.28. The van der Waals surface area contributed by atoms with Crippen LogP contribution in [0.2, 0.25) is 0 Å². The van der Waals surface area contributed by atoms with E-state index in [9.17, 15) is 9.90 Å². The number of aliphatic hydroxyl groups is 1. The van der Waals surface area contributed by atoms with Crippen LogP contribution < -0.4 is 0 Å². The number of β-amino-alcohol motifs (C(OH)–C–C–N with tert-alkyl or cyclic N) is 1. The summed E-state index contributed by atoms with van der Waals surface area (Å²) in [6.07, 6.45) is -0.655. The molecular weight excluding hydrogens is 184 g/mol. The molecule has 14 heavy (non-hydrogen) atoms. The summed E-state index contributed by atoms with van der Waals surface area (Å²) in [6.45, 7) is 2.73. The van der Waals surface area contributed by atoms with Crippen LogP contribution in [0.1, 0.15) is 13.3 Å². The molecule has 1 fully saturated rings. The first-order valence-corrected chi connectivity index (χ1v) is 4.68. The van der Waals surface area contributed by atoms with E-state index in [2.05, 4.69) is 0 Å². The average Bonchev–Trinajstić information content (AvgIpc) is 2.18. The summed E-state index contributed by atoms with van der Waals surface area (Å²) in [6, 6.07) is 2.02. The molecule has 0 saturated carbocycles. The van der Waals surface area contributed by atoms with Crippen molar-refractivity contribution in [3.63, 3.8) is 0 Å². The minimum absolute atomic E-state index is 0.192. The van der Waals surface area contributed by atoms with Crippen LogP contribution in [-0.2, 0) is 4.74 Å². The van der Waals surface area contributed by atoms with Crippen molar-refractivity contribution in [1.82, 2.24) is 4.90 Å². The number of rotatable bonds is 1. The number of carbonyl (C=O) groups excluding carboxylic acids is 1. The Balaban J connectivity index is 2.47. The molecule has 1 aliphatic heterocycles. The summed E-state index contributed by atoms with van der Waals surface area (Å²) in [5.74, 6) is -0.360. The Morgan fingerprint density at radius 2 is 2.50 bits per heavy atom. The second kappa shape index (κ2) is 4.82. The number of hydrogen-bond acceptors (Lipinski definition) is 4. The van der Waals surface area contributed by atoms with Crippen LogP contribution in [0.15, 0.2) is 0 Å². The summed E-state index contributed by atoms with van der Waals surface area (Å²) in [7, 11) is 0. The molecule has 1 amide bonds. The molecule has 0 aromatic rings. The number of amides is 1. The third-order valence-corrected chi connectivity index (χ3v) is 2.27. The first kappa shape index (κ1) is 10.8. The largest absolute Gasteiger partial charge is 0.450 e. The molecule has 0 aromatic heterocycles. The molecule has 78 valence electrons. The predicted octanol–water partition coefficient (Wildman–Crippen LogP) is 0.349. The van der Waals surface area contributed by atoms with Crippen LogP contribution in [0.3, 0.4) is 0 Å². The number of likely N-dealkylation sites (tertiary alicyclic amines) is 1. The second-order valence-corrected chi connectivity index (χ2v) is 3.24. The predicted molar refractivity (Wildman–Crippen MR) is 48.3 cm³/mol. The molecule has 1 N–H and O–H groups in total. The lowest BCUT2D eigenvalue weighted by Crippen LogP contribution is -2.46. The van der Waals surface area contributed by atoms with Gasteiger partial charge in [0.2, 0.25) is 0 Å². The van der Waals surface area contributed by atoms with Gasteiger partial charge in [0, 0.05) is 6.54 Å². The molecule has 1 rings (SSSR count). The van der Waals surface area contributed by atoms with Crippen LogP contribution >= 0.6 is 0 Å². The highest BCUT2D eigenvalue weighted by Crippen LogP contribution is 2.17. The summed E-state index contributed by atoms with van der Waals surface area (Å²) >= 11 is 0. The lowest BCUT2D eigenvalue weighted by atomic mass is 9.96. The lowest BCUT2D eigenvalue weighted by Gasteiger charge is -2.31. The van der Waals surface area contributed by atoms with E-state index in [-0.39, 0.29) is 12.5 Å². The quantitative estimate of drug-likeness (QED) is 0.659. The third-order valence-electron chi connectivity index (χ3n) is 2.27. The maximum Gasteiger partial charge on any atom is 0.409 e. The molecule has 2 atom stereocenters. The number of hydrogen-bond donors (Lipinski definition) is 1. The van der Waals surface area contributed by atoms with Crippen LogP contribution in [0.25, 0.3) is 0 Å². The Labute approximate surface area is 82.9 Å². The number of aliphatic hydroxyl groups excluding tert-OH is 1. The molecule has 5 heteroatoms. The van der Waals surface area contributed by atoms with Crippen LogP contribution in [0.5, 0.6) is 0 Å². The maximum absolute atomic E-state index is 11.2. The molecule has 0 radical (unpaired) electrons. The molecule has 1 saturated heterocycles. The fourth-order valence-electron chi connectivity index (χ4n) is 1.46. The van der Waals surface area contributed by atoms with Gasteiger partial charge in [-0.15, -0.1) is 0 Å². The first-order valence-electron chi connectivity index (χ1n) is 4.68. The van der Waals surface area contributed by atoms with Gasteiger partial charge >= 0.3 is 6.09 Å². The Morgan fingerprint density at radius 1 is 1.79 bits per heavy atom. The van der Waals surface area contributed by atoms with Crippen molar-refractivity contribution in [3.8, 4) is 6.07 Å². The summed E-state index contributed by atoms with van der Waals surface area (Å²) in [5.41, 5.74) is 0. The monoisotopic (exact) mass is 198 g/mol. The molecule has 2 unspecified atom stereocenters. The van der Waals surface area contributed by atoms with Crippen molar-refractivity contribution in [2.24, 2.45) is 5.92 Å². The molecule has 1 heterocycles. The fourth-order valence-corrected chi connectivity index (χ4v) is 1.46. The summed E-state index contributed by atoms with van der Waals surface area (Å²) < 4.78 is 4.79. The summed E-state index contributed by atoms with van der Waals surface area (Å²) in [5, 5.41) is 18.1. The number of nitrogens with zero attached hydrogens (tertiary/aromatic N) is 2. The molecule has 1 aliphatic rings. The van der Waals surface area contributed by atoms with E-state index >= 15 is 0 Å². The molecular formula is C9H14N2O3. The van der Waals surface area contributed by atoms with E-state index < -0.39 is 12.2 Å². The van der Waals surface area contributed by atoms with Gasteiger partial charge in [-0.2, -0.15) is 5.26 Å². The number of nitriles is 1. The number of piperidine rings is 1. The topological polar surface area (TPSA) is 73.6 Å². The molecule has 0 aromatic carbocycles. The fraction of sp³-hybridized carbons (Fsp3) is 0.778. The minimum atomic E-state index is -0.752. The highest BCUT2D eigenvalue weighted by molar-refractivity contribution is 5.67. The Bertz CT molecular complexity index is 249. The Morgan fingerprint density at radius 3 is 3.00 bits per heavy atom. The smallest absolute Gasteiger partial charge is 0.409 e. The average molecular weight is 198 g/mol. The van der Waals surface area contributed by atoms with Crippen LogP contribution in [0, 0.1) is 17.2 Å². The lowest BCUT2D eigenvalue weighted by molar-refractivity contribution is 0.0324. The van der Waals surface area contributed by atoms with Gasteiger partial charge in [0.1, 0.15) is 0 Å². The zero-order valence-electron chi connectivity index (χ0n) is 8.14. The van der Waals surface area contributed by atoms with Gasteiger partial charge in [-0.05, 0) is 13.3 Å². The van der Waals surface area contributed by atoms with Gasteiger partial charge in [0.15, 0.2) is 0 Å². The minimum Gasteiger partial charge on any atom is -0.450 e. The van der Waals surface area contributed by atoms with Crippen molar-refractivity contribution in [1.29, 1.82) is 5.26 Å². The molecule has 0 aliphatic carbocycles. The van der Waals surface area contributed by atoms with Gasteiger partial charge < -0.3 is 14.7 Å².